The number of hydrogen-bond acceptors (Lipinski definition) is 3. The van der Waals surface area contributed by atoms with Crippen molar-refractivity contribution in [3.8, 4) is 0 Å². The van der Waals surface area contributed by atoms with Crippen LogP contribution in [0.5, 0.6) is 0 Å². The molecule has 12 heavy (non-hydrogen) atoms. The number of aliphatic hydroxyl groups excluding tert-OH is 1. The van der Waals surface area contributed by atoms with E-state index in [4.69, 9.17) is 10.2 Å². The number of carbonyl (C=O) groups is 2. The smallest absolute Gasteiger partial charge is 0.305 e. The third-order valence-electron chi connectivity index (χ3n) is 1.98. The van der Waals surface area contributed by atoms with Gasteiger partial charge in [0.1, 0.15) is 0 Å². The second-order valence-electron chi connectivity index (χ2n) is 2.98. The lowest BCUT2D eigenvalue weighted by molar-refractivity contribution is -0.146. The van der Waals surface area contributed by atoms with E-state index in [0.717, 1.165) is 0 Å². The number of carboxylic acid groups (broad SMARTS) is 1. The monoisotopic (exact) mass is 173 g/mol. The van der Waals surface area contributed by atoms with Crippen LogP contribution in [0, 0.1) is 5.92 Å². The van der Waals surface area contributed by atoms with Crippen LogP contribution >= 0.6 is 0 Å². The van der Waals surface area contributed by atoms with Crippen molar-refractivity contribution in [1.82, 2.24) is 5.32 Å². The number of β-lactam (4-membered cyclic amide) rings is 1. The van der Waals surface area contributed by atoms with Crippen molar-refractivity contribution in [1.29, 1.82) is 0 Å². The highest BCUT2D eigenvalue weighted by Crippen LogP contribution is 2.21. The van der Waals surface area contributed by atoms with E-state index in [9.17, 15) is 9.59 Å². The summed E-state index contributed by atoms with van der Waals surface area (Å²) in [6.07, 6.45) is -0.899. The maximum absolute atomic E-state index is 10.8. The van der Waals surface area contributed by atoms with Gasteiger partial charge in [0.05, 0.1) is 24.5 Å². The van der Waals surface area contributed by atoms with Crippen LogP contribution in [0.1, 0.15) is 13.3 Å². The highest BCUT2D eigenvalue weighted by Gasteiger charge is 2.43. The van der Waals surface area contributed by atoms with Crippen molar-refractivity contribution in [3.63, 3.8) is 0 Å². The zero-order valence-corrected chi connectivity index (χ0v) is 6.65. The molecule has 5 heteroatoms. The Balaban J connectivity index is 2.48. The predicted octanol–water partition coefficient (Wildman–Crippen LogP) is -1.04. The molecular formula is C7H11NO4. The van der Waals surface area contributed by atoms with Gasteiger partial charge < -0.3 is 15.5 Å². The second-order valence-corrected chi connectivity index (χ2v) is 2.98. The van der Waals surface area contributed by atoms with Crippen LogP contribution in [0.4, 0.5) is 0 Å². The Morgan fingerprint density at radius 3 is 2.67 bits per heavy atom. The van der Waals surface area contributed by atoms with Crippen molar-refractivity contribution in [2.45, 2.75) is 25.5 Å². The van der Waals surface area contributed by atoms with Gasteiger partial charge in [0.2, 0.25) is 5.91 Å². The molecule has 0 radical (unpaired) electrons. The Kier molecular flexibility index (Phi) is 2.32. The third kappa shape index (κ3) is 1.55. The fourth-order valence-electron chi connectivity index (χ4n) is 1.38. The summed E-state index contributed by atoms with van der Waals surface area (Å²) in [5, 5.41) is 19.9. The van der Waals surface area contributed by atoms with Crippen LogP contribution in [0.25, 0.3) is 0 Å². The molecule has 0 spiro atoms. The van der Waals surface area contributed by atoms with Crippen LogP contribution < -0.4 is 5.32 Å². The normalized spacial score (nSPS) is 30.3. The fraction of sp³-hybridized carbons (Fsp3) is 0.714. The summed E-state index contributed by atoms with van der Waals surface area (Å²) in [6.45, 7) is 1.48. The molecular weight excluding hydrogens is 162 g/mol. The Hall–Kier alpha value is -1.10. The zero-order chi connectivity index (χ0) is 9.30. The van der Waals surface area contributed by atoms with Gasteiger partial charge in [-0.2, -0.15) is 0 Å². The number of aliphatic hydroxyl groups is 1. The number of nitrogens with one attached hydrogen (secondary N) is 1. The first-order valence-electron chi connectivity index (χ1n) is 3.72. The summed E-state index contributed by atoms with van der Waals surface area (Å²) in [5.74, 6) is -1.79. The van der Waals surface area contributed by atoms with Gasteiger partial charge in [-0.3, -0.25) is 9.59 Å². The molecule has 1 amide bonds. The van der Waals surface area contributed by atoms with Crippen molar-refractivity contribution >= 4 is 11.9 Å². The van der Waals surface area contributed by atoms with Crippen molar-refractivity contribution < 1.29 is 19.8 Å². The summed E-state index contributed by atoms with van der Waals surface area (Å²) in [6, 6.07) is -0.407. The van der Waals surface area contributed by atoms with E-state index in [-0.39, 0.29) is 12.3 Å². The first kappa shape index (κ1) is 8.99. The molecule has 3 atom stereocenters. The van der Waals surface area contributed by atoms with Gasteiger partial charge in [-0.1, -0.05) is 0 Å². The van der Waals surface area contributed by atoms with Crippen molar-refractivity contribution in [2.24, 2.45) is 5.92 Å². The highest BCUT2D eigenvalue weighted by atomic mass is 16.4. The topological polar surface area (TPSA) is 86.6 Å². The molecule has 0 aromatic rings. The minimum atomic E-state index is -0.967. The van der Waals surface area contributed by atoms with E-state index in [1.165, 1.54) is 6.92 Å². The van der Waals surface area contributed by atoms with Crippen LogP contribution in [0.3, 0.4) is 0 Å². The Morgan fingerprint density at radius 1 is 1.75 bits per heavy atom. The summed E-state index contributed by atoms with van der Waals surface area (Å²) in [7, 11) is 0. The summed E-state index contributed by atoms with van der Waals surface area (Å²) in [4.78, 5) is 21.0. The molecule has 5 nitrogen and oxygen atoms in total. The van der Waals surface area contributed by atoms with E-state index in [1.807, 2.05) is 0 Å². The number of aliphatic carboxylic acids is 1. The molecule has 1 aliphatic heterocycles. The number of carbonyl (C=O) groups excluding carboxylic acids is 1. The Bertz CT molecular complexity index is 213. The molecule has 1 saturated heterocycles. The largest absolute Gasteiger partial charge is 0.481 e. The molecule has 0 aromatic carbocycles. The fourth-order valence-corrected chi connectivity index (χ4v) is 1.38. The van der Waals surface area contributed by atoms with Gasteiger partial charge in [0.15, 0.2) is 0 Å². The minimum Gasteiger partial charge on any atom is -0.481 e. The van der Waals surface area contributed by atoms with E-state index in [1.54, 1.807) is 0 Å². The van der Waals surface area contributed by atoms with E-state index < -0.39 is 24.0 Å². The molecule has 1 aliphatic rings. The summed E-state index contributed by atoms with van der Waals surface area (Å²) in [5.41, 5.74) is 0. The molecule has 68 valence electrons. The first-order chi connectivity index (χ1) is 5.52. The minimum absolute atomic E-state index is 0.124. The lowest BCUT2D eigenvalue weighted by Gasteiger charge is -2.37. The molecule has 3 N–H and O–H groups in total. The molecule has 0 saturated carbocycles. The number of carboxylic acids is 1. The molecule has 1 fully saturated rings. The molecule has 0 aliphatic carbocycles. The molecule has 0 aromatic heterocycles. The first-order valence-corrected chi connectivity index (χ1v) is 3.72. The zero-order valence-electron chi connectivity index (χ0n) is 6.65. The number of hydrogen-bond donors (Lipinski definition) is 3. The van der Waals surface area contributed by atoms with E-state index in [0.29, 0.717) is 0 Å². The average Bonchev–Trinajstić information content (AvgIpc) is 1.82. The standard InChI is InChI=1S/C7H11NO4/c1-3(9)6-4(2-5(10)11)8-7(6)12/h3-4,6,9H,2H2,1H3,(H,8,12)(H,10,11)/t3-,4-,6?/m0/s1. The predicted molar refractivity (Wildman–Crippen MR) is 39.4 cm³/mol. The average molecular weight is 173 g/mol. The summed E-state index contributed by atoms with van der Waals surface area (Å²) >= 11 is 0. The SMILES string of the molecule is C[C@H](O)C1C(=O)N[C@H]1CC(=O)O. The van der Waals surface area contributed by atoms with Gasteiger partial charge in [-0.15, -0.1) is 0 Å². The van der Waals surface area contributed by atoms with Crippen LogP contribution in [0.15, 0.2) is 0 Å². The van der Waals surface area contributed by atoms with Gasteiger partial charge in [-0.25, -0.2) is 0 Å². The molecule has 1 heterocycles. The van der Waals surface area contributed by atoms with Gasteiger partial charge in [0, 0.05) is 0 Å². The Morgan fingerprint density at radius 2 is 2.33 bits per heavy atom. The highest BCUT2D eigenvalue weighted by molar-refractivity contribution is 5.88. The van der Waals surface area contributed by atoms with Gasteiger partial charge in [-0.05, 0) is 6.92 Å². The summed E-state index contributed by atoms with van der Waals surface area (Å²) < 4.78 is 0. The van der Waals surface area contributed by atoms with Crippen molar-refractivity contribution in [3.05, 3.63) is 0 Å². The van der Waals surface area contributed by atoms with Crippen LogP contribution in [-0.4, -0.2) is 34.2 Å². The van der Waals surface area contributed by atoms with E-state index in [2.05, 4.69) is 5.32 Å². The van der Waals surface area contributed by atoms with E-state index >= 15 is 0 Å². The van der Waals surface area contributed by atoms with Gasteiger partial charge in [0.25, 0.3) is 0 Å². The van der Waals surface area contributed by atoms with Crippen LogP contribution in [-0.2, 0) is 9.59 Å². The maximum atomic E-state index is 10.8. The number of amides is 1. The third-order valence-corrected chi connectivity index (χ3v) is 1.98. The lowest BCUT2D eigenvalue weighted by atomic mass is 9.84. The molecule has 1 unspecified atom stereocenters. The molecule has 0 bridgehead atoms. The van der Waals surface area contributed by atoms with Gasteiger partial charge >= 0.3 is 5.97 Å². The number of rotatable bonds is 3. The lowest BCUT2D eigenvalue weighted by Crippen LogP contribution is -2.62. The van der Waals surface area contributed by atoms with Crippen molar-refractivity contribution in [2.75, 3.05) is 0 Å². The van der Waals surface area contributed by atoms with Crippen LogP contribution in [0.2, 0.25) is 0 Å². The quantitative estimate of drug-likeness (QED) is 0.475. The molecule has 1 rings (SSSR count). The second kappa shape index (κ2) is 3.10. The Labute approximate surface area is 69.4 Å². The maximum Gasteiger partial charge on any atom is 0.305 e.